The highest BCUT2D eigenvalue weighted by atomic mass is 79.9. The van der Waals surface area contributed by atoms with Crippen LogP contribution in [0.2, 0.25) is 0 Å². The Bertz CT molecular complexity index is 595. The third-order valence-electron chi connectivity index (χ3n) is 2.53. The second kappa shape index (κ2) is 7.01. The predicted molar refractivity (Wildman–Crippen MR) is 83.1 cm³/mol. The Labute approximate surface area is 133 Å². The summed E-state index contributed by atoms with van der Waals surface area (Å²) in [5, 5.41) is 3.95. The third kappa shape index (κ3) is 4.16. The number of thiophene rings is 2. The van der Waals surface area contributed by atoms with Crippen LogP contribution in [0.25, 0.3) is 0 Å². The maximum Gasteiger partial charge on any atom is 0.348 e. The van der Waals surface area contributed by atoms with Crippen molar-refractivity contribution in [2.24, 2.45) is 0 Å². The first kappa shape index (κ1) is 15.2. The molecule has 0 spiro atoms. The molecule has 4 nitrogen and oxygen atoms in total. The summed E-state index contributed by atoms with van der Waals surface area (Å²) in [6.45, 7) is 0.277. The Morgan fingerprint density at radius 1 is 1.35 bits per heavy atom. The minimum absolute atomic E-state index is 0.222. The van der Waals surface area contributed by atoms with Gasteiger partial charge in [0.1, 0.15) is 4.88 Å². The lowest BCUT2D eigenvalue weighted by Crippen LogP contribution is -2.30. The van der Waals surface area contributed by atoms with Crippen molar-refractivity contribution >= 4 is 50.5 Å². The predicted octanol–water partition coefficient (Wildman–Crippen LogP) is 3.39. The number of halogens is 1. The molecule has 0 aliphatic rings. The first-order valence-electron chi connectivity index (χ1n) is 5.74. The van der Waals surface area contributed by atoms with Crippen molar-refractivity contribution in [3.8, 4) is 0 Å². The molecule has 0 bridgehead atoms. The molecule has 7 heteroatoms. The summed E-state index contributed by atoms with van der Waals surface area (Å²) in [6.07, 6.45) is 0. The molecule has 0 aliphatic heterocycles. The van der Waals surface area contributed by atoms with Gasteiger partial charge in [0.15, 0.2) is 6.61 Å². The molecule has 20 heavy (non-hydrogen) atoms. The normalized spacial score (nSPS) is 10.3. The molecule has 0 aliphatic carbocycles. The number of hydrogen-bond donors (Lipinski definition) is 0. The van der Waals surface area contributed by atoms with Crippen LogP contribution in [0.15, 0.2) is 32.7 Å². The van der Waals surface area contributed by atoms with E-state index < -0.39 is 5.97 Å². The van der Waals surface area contributed by atoms with Gasteiger partial charge in [0.25, 0.3) is 5.91 Å². The number of hydrogen-bond acceptors (Lipinski definition) is 5. The fraction of sp³-hybridized carbons (Fsp3) is 0.231. The van der Waals surface area contributed by atoms with E-state index in [-0.39, 0.29) is 12.5 Å². The van der Waals surface area contributed by atoms with Crippen molar-refractivity contribution in [3.05, 3.63) is 43.2 Å². The van der Waals surface area contributed by atoms with Crippen LogP contribution in [0.1, 0.15) is 15.2 Å². The molecule has 1 amide bonds. The zero-order valence-electron chi connectivity index (χ0n) is 10.7. The Morgan fingerprint density at radius 3 is 2.75 bits per heavy atom. The lowest BCUT2D eigenvalue weighted by atomic mass is 10.3. The van der Waals surface area contributed by atoms with Gasteiger partial charge in [-0.15, -0.1) is 11.3 Å². The SMILES string of the molecule is CN(Cc1ccsc1)C(=O)COC(=O)c1ccc(Br)s1. The topological polar surface area (TPSA) is 46.6 Å². The highest BCUT2D eigenvalue weighted by molar-refractivity contribution is 9.11. The summed E-state index contributed by atoms with van der Waals surface area (Å²) in [5.74, 6) is -0.696. The second-order valence-electron chi connectivity index (χ2n) is 4.06. The summed E-state index contributed by atoms with van der Waals surface area (Å²) >= 11 is 6.14. The number of carbonyl (C=O) groups is 2. The summed E-state index contributed by atoms with van der Waals surface area (Å²) in [6, 6.07) is 5.39. The summed E-state index contributed by atoms with van der Waals surface area (Å²) in [5.41, 5.74) is 1.07. The molecule has 2 aromatic rings. The Morgan fingerprint density at radius 2 is 2.15 bits per heavy atom. The molecule has 0 unspecified atom stereocenters. The molecule has 106 valence electrons. The number of amides is 1. The molecule has 0 aromatic carbocycles. The maximum atomic E-state index is 11.9. The van der Waals surface area contributed by atoms with Crippen LogP contribution in [0, 0.1) is 0 Å². The van der Waals surface area contributed by atoms with Gasteiger partial charge < -0.3 is 9.64 Å². The third-order valence-corrected chi connectivity index (χ3v) is 4.86. The Kier molecular flexibility index (Phi) is 5.33. The average molecular weight is 374 g/mol. The average Bonchev–Trinajstić information content (AvgIpc) is 3.07. The van der Waals surface area contributed by atoms with E-state index in [1.54, 1.807) is 35.4 Å². The molecule has 0 saturated heterocycles. The summed E-state index contributed by atoms with van der Waals surface area (Å²) in [7, 11) is 1.69. The zero-order chi connectivity index (χ0) is 14.5. The summed E-state index contributed by atoms with van der Waals surface area (Å²) < 4.78 is 5.86. The molecule has 0 radical (unpaired) electrons. The van der Waals surface area contributed by atoms with Gasteiger partial charge in [0.05, 0.1) is 3.79 Å². The Hall–Kier alpha value is -1.18. The molecular weight excluding hydrogens is 362 g/mol. The van der Waals surface area contributed by atoms with E-state index in [4.69, 9.17) is 4.74 Å². The van der Waals surface area contributed by atoms with E-state index >= 15 is 0 Å². The Balaban J connectivity index is 1.81. The molecule has 0 N–H and O–H groups in total. The van der Waals surface area contributed by atoms with E-state index in [0.29, 0.717) is 11.4 Å². The minimum Gasteiger partial charge on any atom is -0.451 e. The number of carbonyl (C=O) groups excluding carboxylic acids is 2. The van der Waals surface area contributed by atoms with Crippen molar-refractivity contribution in [2.45, 2.75) is 6.54 Å². The fourth-order valence-electron chi connectivity index (χ4n) is 1.48. The van der Waals surface area contributed by atoms with Crippen LogP contribution in [-0.4, -0.2) is 30.4 Å². The zero-order valence-corrected chi connectivity index (χ0v) is 13.9. The highest BCUT2D eigenvalue weighted by Gasteiger charge is 2.15. The van der Waals surface area contributed by atoms with Crippen molar-refractivity contribution in [3.63, 3.8) is 0 Å². The van der Waals surface area contributed by atoms with Gasteiger partial charge in [-0.1, -0.05) is 0 Å². The molecular formula is C13H12BrNO3S2. The van der Waals surface area contributed by atoms with Crippen LogP contribution in [0.4, 0.5) is 0 Å². The van der Waals surface area contributed by atoms with E-state index in [9.17, 15) is 9.59 Å². The first-order valence-corrected chi connectivity index (χ1v) is 8.29. The van der Waals surface area contributed by atoms with E-state index in [0.717, 1.165) is 9.35 Å². The van der Waals surface area contributed by atoms with Gasteiger partial charge in [0, 0.05) is 13.6 Å². The fourth-order valence-corrected chi connectivity index (χ4v) is 3.42. The molecule has 0 saturated carbocycles. The van der Waals surface area contributed by atoms with Gasteiger partial charge in [0.2, 0.25) is 0 Å². The van der Waals surface area contributed by atoms with Crippen LogP contribution in [-0.2, 0) is 16.1 Å². The van der Waals surface area contributed by atoms with Crippen LogP contribution >= 0.6 is 38.6 Å². The maximum absolute atomic E-state index is 11.9. The minimum atomic E-state index is -0.474. The van der Waals surface area contributed by atoms with Crippen LogP contribution in [0.3, 0.4) is 0 Å². The van der Waals surface area contributed by atoms with Gasteiger partial charge in [-0.2, -0.15) is 11.3 Å². The largest absolute Gasteiger partial charge is 0.451 e. The second-order valence-corrected chi connectivity index (χ2v) is 7.30. The summed E-state index contributed by atoms with van der Waals surface area (Å²) in [4.78, 5) is 25.6. The van der Waals surface area contributed by atoms with Gasteiger partial charge >= 0.3 is 5.97 Å². The molecule has 0 fully saturated rings. The smallest absolute Gasteiger partial charge is 0.348 e. The van der Waals surface area contributed by atoms with Gasteiger partial charge in [-0.3, -0.25) is 4.79 Å². The standard InChI is InChI=1S/C13H12BrNO3S2/c1-15(6-9-4-5-19-8-9)12(16)7-18-13(17)10-2-3-11(14)20-10/h2-5,8H,6-7H2,1H3. The first-order chi connectivity index (χ1) is 9.56. The van der Waals surface area contributed by atoms with Gasteiger partial charge in [-0.25, -0.2) is 4.79 Å². The van der Waals surface area contributed by atoms with Crippen molar-refractivity contribution in [1.29, 1.82) is 0 Å². The quantitative estimate of drug-likeness (QED) is 0.754. The van der Waals surface area contributed by atoms with E-state index in [1.807, 2.05) is 16.8 Å². The van der Waals surface area contributed by atoms with Crippen molar-refractivity contribution in [1.82, 2.24) is 4.90 Å². The van der Waals surface area contributed by atoms with Crippen molar-refractivity contribution < 1.29 is 14.3 Å². The molecule has 0 atom stereocenters. The molecule has 2 aromatic heterocycles. The number of nitrogens with zero attached hydrogens (tertiary/aromatic N) is 1. The highest BCUT2D eigenvalue weighted by Crippen LogP contribution is 2.22. The number of ether oxygens (including phenoxy) is 1. The van der Waals surface area contributed by atoms with Crippen LogP contribution < -0.4 is 0 Å². The molecule has 2 heterocycles. The number of likely N-dealkylation sites (N-methyl/N-ethyl adjacent to an activating group) is 1. The van der Waals surface area contributed by atoms with Crippen molar-refractivity contribution in [2.75, 3.05) is 13.7 Å². The monoisotopic (exact) mass is 373 g/mol. The van der Waals surface area contributed by atoms with Crippen LogP contribution in [0.5, 0.6) is 0 Å². The lowest BCUT2D eigenvalue weighted by Gasteiger charge is -2.16. The number of esters is 1. The van der Waals surface area contributed by atoms with Gasteiger partial charge in [-0.05, 0) is 50.5 Å². The number of rotatable bonds is 5. The van der Waals surface area contributed by atoms with E-state index in [2.05, 4.69) is 15.9 Å². The molecule has 2 rings (SSSR count). The lowest BCUT2D eigenvalue weighted by molar-refractivity contribution is -0.133. The van der Waals surface area contributed by atoms with E-state index in [1.165, 1.54) is 11.3 Å².